The Labute approximate surface area is 113 Å². The Morgan fingerprint density at radius 3 is 2.65 bits per heavy atom. The van der Waals surface area contributed by atoms with Crippen molar-refractivity contribution in [1.82, 2.24) is 9.80 Å². The van der Waals surface area contributed by atoms with Gasteiger partial charge in [-0.1, -0.05) is 28.8 Å². The first kappa shape index (κ1) is 13.3. The minimum atomic E-state index is 0.369. The van der Waals surface area contributed by atoms with Gasteiger partial charge in [0.15, 0.2) is 0 Å². The predicted octanol–water partition coefficient (Wildman–Crippen LogP) is 2.10. The number of nitrogens with zero attached hydrogens (tertiary/aromatic N) is 2. The van der Waals surface area contributed by atoms with Crippen molar-refractivity contribution in [1.29, 1.82) is 0 Å². The van der Waals surface area contributed by atoms with E-state index in [1.54, 1.807) is 0 Å². The van der Waals surface area contributed by atoms with Crippen LogP contribution in [0.25, 0.3) is 0 Å². The van der Waals surface area contributed by atoms with Gasteiger partial charge in [-0.25, -0.2) is 0 Å². The van der Waals surface area contributed by atoms with Crippen LogP contribution in [-0.2, 0) is 4.79 Å². The topological polar surface area (TPSA) is 23.6 Å². The minimum Gasteiger partial charge on any atom is -0.338 e. The van der Waals surface area contributed by atoms with E-state index in [0.717, 1.165) is 18.3 Å². The molecule has 0 aromatic carbocycles. The number of carbonyl (C=O) groups is 1. The number of hydrogen-bond acceptors (Lipinski definition) is 2. The van der Waals surface area contributed by atoms with Crippen LogP contribution in [0.2, 0.25) is 0 Å². The molecule has 0 radical (unpaired) electrons. The quantitative estimate of drug-likeness (QED) is 0.746. The van der Waals surface area contributed by atoms with E-state index >= 15 is 0 Å². The normalized spacial score (nSPS) is 34.7. The summed E-state index contributed by atoms with van der Waals surface area (Å²) in [5.74, 6) is 0.889. The van der Waals surface area contributed by atoms with Gasteiger partial charge in [0.2, 0.25) is 5.91 Å². The van der Waals surface area contributed by atoms with Crippen LogP contribution >= 0.6 is 15.9 Å². The molecule has 1 unspecified atom stereocenters. The molecule has 3 nitrogen and oxygen atoms in total. The second kappa shape index (κ2) is 5.70. The number of rotatable bonds is 3. The van der Waals surface area contributed by atoms with E-state index in [9.17, 15) is 4.79 Å². The summed E-state index contributed by atoms with van der Waals surface area (Å²) in [6.45, 7) is 0.957. The zero-order valence-corrected chi connectivity index (χ0v) is 12.4. The number of halogens is 1. The summed E-state index contributed by atoms with van der Waals surface area (Å²) >= 11 is 3.51. The summed E-state index contributed by atoms with van der Waals surface area (Å²) in [6, 6.07) is 1.01. The van der Waals surface area contributed by atoms with Gasteiger partial charge in [-0.15, -0.1) is 0 Å². The molecule has 17 heavy (non-hydrogen) atoms. The number of hydrogen-bond donors (Lipinski definition) is 0. The fraction of sp³-hybridized carbons (Fsp3) is 0.923. The molecule has 4 heteroatoms. The van der Waals surface area contributed by atoms with Crippen molar-refractivity contribution >= 4 is 21.8 Å². The van der Waals surface area contributed by atoms with Crippen molar-refractivity contribution in [3.05, 3.63) is 0 Å². The zero-order valence-electron chi connectivity index (χ0n) is 10.9. The summed E-state index contributed by atoms with van der Waals surface area (Å²) in [6.07, 6.45) is 5.74. The second-order valence-corrected chi connectivity index (χ2v) is 6.30. The van der Waals surface area contributed by atoms with E-state index in [1.807, 2.05) is 0 Å². The Morgan fingerprint density at radius 2 is 2.06 bits per heavy atom. The maximum absolute atomic E-state index is 12.1. The third kappa shape index (κ3) is 2.84. The molecule has 1 heterocycles. The lowest BCUT2D eigenvalue weighted by Crippen LogP contribution is -2.51. The Kier molecular flexibility index (Phi) is 4.47. The van der Waals surface area contributed by atoms with Crippen LogP contribution in [0, 0.1) is 5.92 Å². The summed E-state index contributed by atoms with van der Waals surface area (Å²) in [7, 11) is 4.29. The van der Waals surface area contributed by atoms with Crippen molar-refractivity contribution in [3.8, 4) is 0 Å². The number of amides is 1. The lowest BCUT2D eigenvalue weighted by molar-refractivity contribution is -0.131. The zero-order chi connectivity index (χ0) is 12.4. The van der Waals surface area contributed by atoms with E-state index in [-0.39, 0.29) is 0 Å². The van der Waals surface area contributed by atoms with Crippen LogP contribution in [0.4, 0.5) is 0 Å². The molecule has 3 atom stereocenters. The van der Waals surface area contributed by atoms with Crippen molar-refractivity contribution in [2.45, 2.75) is 44.2 Å². The lowest BCUT2D eigenvalue weighted by atomic mass is 9.88. The van der Waals surface area contributed by atoms with Gasteiger partial charge in [-0.3, -0.25) is 4.79 Å². The number of carbonyl (C=O) groups excluding carboxylic acids is 1. The molecule has 1 saturated heterocycles. The molecule has 98 valence electrons. The van der Waals surface area contributed by atoms with Gasteiger partial charge in [-0.2, -0.15) is 0 Å². The predicted molar refractivity (Wildman–Crippen MR) is 73.3 cm³/mol. The monoisotopic (exact) mass is 302 g/mol. The molecule has 1 amide bonds. The Balaban J connectivity index is 2.06. The number of alkyl halides is 1. The average molecular weight is 303 g/mol. The van der Waals surface area contributed by atoms with Gasteiger partial charge in [0.05, 0.1) is 0 Å². The highest BCUT2D eigenvalue weighted by atomic mass is 79.9. The maximum Gasteiger partial charge on any atom is 0.223 e. The molecule has 1 aliphatic carbocycles. The van der Waals surface area contributed by atoms with Crippen molar-refractivity contribution < 1.29 is 4.79 Å². The molecule has 0 aromatic rings. The van der Waals surface area contributed by atoms with Gasteiger partial charge in [0, 0.05) is 30.4 Å². The standard InChI is InChI=1S/C13H23BrN2O/c1-15(2)11-5-3-4-6-12(11)16-9-10(8-14)7-13(16)17/h10-12H,3-9H2,1-2H3/t10?,11-,12-/m0/s1. The fourth-order valence-electron chi connectivity index (χ4n) is 3.29. The third-order valence-corrected chi connectivity index (χ3v) is 5.13. The molecular weight excluding hydrogens is 280 g/mol. The number of likely N-dealkylation sites (tertiary alicyclic amines) is 1. The maximum atomic E-state index is 12.1. The molecule has 1 aliphatic heterocycles. The highest BCUT2D eigenvalue weighted by Crippen LogP contribution is 2.31. The van der Waals surface area contributed by atoms with E-state index < -0.39 is 0 Å². The summed E-state index contributed by atoms with van der Waals surface area (Å²) in [5, 5.41) is 0.953. The number of likely N-dealkylation sites (N-methyl/N-ethyl adjacent to an activating group) is 1. The van der Waals surface area contributed by atoms with Gasteiger partial charge >= 0.3 is 0 Å². The smallest absolute Gasteiger partial charge is 0.223 e. The van der Waals surface area contributed by atoms with Crippen LogP contribution in [0.1, 0.15) is 32.1 Å². The third-order valence-electron chi connectivity index (χ3n) is 4.21. The fourth-order valence-corrected chi connectivity index (χ4v) is 3.72. The van der Waals surface area contributed by atoms with E-state index in [4.69, 9.17) is 0 Å². The summed E-state index contributed by atoms with van der Waals surface area (Å²) in [5.41, 5.74) is 0. The average Bonchev–Trinajstić information content (AvgIpc) is 2.70. The van der Waals surface area contributed by atoms with Crippen LogP contribution in [-0.4, -0.2) is 53.8 Å². The van der Waals surface area contributed by atoms with Crippen LogP contribution in [0.15, 0.2) is 0 Å². The molecule has 0 N–H and O–H groups in total. The minimum absolute atomic E-state index is 0.369. The SMILES string of the molecule is CN(C)[C@H]1CCCC[C@@H]1N1CC(CBr)CC1=O. The molecule has 1 saturated carbocycles. The molecule has 0 bridgehead atoms. The molecule has 0 spiro atoms. The first-order chi connectivity index (χ1) is 8.13. The second-order valence-electron chi connectivity index (χ2n) is 5.65. The highest BCUT2D eigenvalue weighted by Gasteiger charge is 2.38. The Bertz CT molecular complexity index is 283. The highest BCUT2D eigenvalue weighted by molar-refractivity contribution is 9.09. The molecule has 0 aromatic heterocycles. The van der Waals surface area contributed by atoms with E-state index in [2.05, 4.69) is 39.8 Å². The molecule has 2 fully saturated rings. The first-order valence-corrected chi connectivity index (χ1v) is 7.77. The van der Waals surface area contributed by atoms with Gasteiger partial charge in [0.1, 0.15) is 0 Å². The van der Waals surface area contributed by atoms with E-state index in [0.29, 0.717) is 23.9 Å². The lowest BCUT2D eigenvalue weighted by Gasteiger charge is -2.41. The van der Waals surface area contributed by atoms with Crippen LogP contribution in [0.5, 0.6) is 0 Å². The molecule has 2 rings (SSSR count). The van der Waals surface area contributed by atoms with Gasteiger partial charge < -0.3 is 9.80 Å². The summed E-state index contributed by atoms with van der Waals surface area (Å²) in [4.78, 5) is 16.6. The van der Waals surface area contributed by atoms with Crippen LogP contribution in [0.3, 0.4) is 0 Å². The van der Waals surface area contributed by atoms with Gasteiger partial charge in [0.25, 0.3) is 0 Å². The summed E-state index contributed by atoms with van der Waals surface area (Å²) < 4.78 is 0. The van der Waals surface area contributed by atoms with Crippen molar-refractivity contribution in [2.24, 2.45) is 5.92 Å². The van der Waals surface area contributed by atoms with Crippen molar-refractivity contribution in [2.75, 3.05) is 26.0 Å². The van der Waals surface area contributed by atoms with E-state index in [1.165, 1.54) is 25.7 Å². The largest absolute Gasteiger partial charge is 0.338 e. The van der Waals surface area contributed by atoms with Crippen LogP contribution < -0.4 is 0 Å². The Morgan fingerprint density at radius 1 is 1.35 bits per heavy atom. The van der Waals surface area contributed by atoms with Crippen molar-refractivity contribution in [3.63, 3.8) is 0 Å². The molecular formula is C13H23BrN2O. The molecule has 2 aliphatic rings. The van der Waals surface area contributed by atoms with Gasteiger partial charge in [-0.05, 0) is 32.9 Å². The Hall–Kier alpha value is -0.0900. The first-order valence-electron chi connectivity index (χ1n) is 6.65.